The van der Waals surface area contributed by atoms with Gasteiger partial charge in [-0.25, -0.2) is 0 Å². The van der Waals surface area contributed by atoms with E-state index >= 15 is 0 Å². The van der Waals surface area contributed by atoms with Gasteiger partial charge in [0.25, 0.3) is 0 Å². The van der Waals surface area contributed by atoms with Crippen molar-refractivity contribution in [2.24, 2.45) is 10.9 Å². The number of halogens is 1. The van der Waals surface area contributed by atoms with E-state index in [1.54, 1.807) is 0 Å². The molecule has 0 aliphatic carbocycles. The normalized spacial score (nSPS) is 23.3. The molecule has 1 saturated heterocycles. The summed E-state index contributed by atoms with van der Waals surface area (Å²) in [6.45, 7) is 16.7. The van der Waals surface area contributed by atoms with Gasteiger partial charge in [0.1, 0.15) is 0 Å². The molecule has 0 spiro atoms. The molecular weight excluding hydrogens is 391 g/mol. The van der Waals surface area contributed by atoms with Gasteiger partial charge in [-0.1, -0.05) is 13.8 Å². The Kier molecular flexibility index (Phi) is 12.3. The molecule has 0 radical (unpaired) electrons. The number of nitrogens with one attached hydrogen (secondary N) is 2. The molecule has 0 amide bonds. The zero-order valence-corrected chi connectivity index (χ0v) is 17.2. The number of hydrogen-bond donors (Lipinski definition) is 2. The monoisotopic (exact) mass is 426 g/mol. The third kappa shape index (κ3) is 9.84. The van der Waals surface area contributed by atoms with Crippen molar-refractivity contribution in [2.75, 3.05) is 39.3 Å². The Bertz CT molecular complexity index is 303. The lowest BCUT2D eigenvalue weighted by Gasteiger charge is -2.35. The van der Waals surface area contributed by atoms with Gasteiger partial charge in [-0.15, -0.1) is 24.0 Å². The van der Waals surface area contributed by atoms with Gasteiger partial charge in [0.15, 0.2) is 5.96 Å². The van der Waals surface area contributed by atoms with Crippen LogP contribution in [0.1, 0.15) is 41.0 Å². The van der Waals surface area contributed by atoms with Crippen LogP contribution >= 0.6 is 24.0 Å². The third-order valence-corrected chi connectivity index (χ3v) is 3.40. The fourth-order valence-electron chi connectivity index (χ4n) is 2.59. The smallest absolute Gasteiger partial charge is 0.191 e. The van der Waals surface area contributed by atoms with E-state index in [2.05, 4.69) is 55.1 Å². The number of guanidine groups is 1. The first-order valence-electron chi connectivity index (χ1n) is 8.41. The first-order chi connectivity index (χ1) is 10.0. The highest BCUT2D eigenvalue weighted by Gasteiger charge is 2.21. The summed E-state index contributed by atoms with van der Waals surface area (Å²) in [5.41, 5.74) is 0. The molecule has 1 fully saturated rings. The van der Waals surface area contributed by atoms with Crippen LogP contribution in [0, 0.1) is 5.92 Å². The maximum Gasteiger partial charge on any atom is 0.191 e. The van der Waals surface area contributed by atoms with E-state index in [0.717, 1.165) is 51.6 Å². The van der Waals surface area contributed by atoms with Gasteiger partial charge in [-0.3, -0.25) is 9.89 Å². The highest BCUT2D eigenvalue weighted by atomic mass is 127. The summed E-state index contributed by atoms with van der Waals surface area (Å²) in [7, 11) is 0. The standard InChI is InChI=1S/C16H34N4O.HI/c1-6-17-16(19-10-13(2)3)18-8-7-9-20-11-14(4)21-15(5)12-20;/h13-15H,6-12H2,1-5H3,(H2,17,18,19);1H. The lowest BCUT2D eigenvalue weighted by Crippen LogP contribution is -2.46. The van der Waals surface area contributed by atoms with Crippen molar-refractivity contribution < 1.29 is 4.74 Å². The number of aliphatic imine (C=N–C) groups is 1. The molecular formula is C16H35IN4O. The first kappa shape index (κ1) is 21.9. The first-order valence-corrected chi connectivity index (χ1v) is 8.41. The van der Waals surface area contributed by atoms with Crippen LogP contribution in [0.2, 0.25) is 0 Å². The Morgan fingerprint density at radius 1 is 1.23 bits per heavy atom. The Balaban J connectivity index is 0.00000441. The van der Waals surface area contributed by atoms with E-state index in [-0.39, 0.29) is 24.0 Å². The molecule has 2 unspecified atom stereocenters. The molecule has 0 aromatic rings. The van der Waals surface area contributed by atoms with E-state index < -0.39 is 0 Å². The summed E-state index contributed by atoms with van der Waals surface area (Å²) in [6.07, 6.45) is 1.84. The molecule has 2 N–H and O–H groups in total. The lowest BCUT2D eigenvalue weighted by atomic mass is 10.2. The van der Waals surface area contributed by atoms with Crippen LogP contribution in [0.25, 0.3) is 0 Å². The summed E-state index contributed by atoms with van der Waals surface area (Å²) in [5.74, 6) is 1.53. The molecule has 22 heavy (non-hydrogen) atoms. The van der Waals surface area contributed by atoms with Crippen molar-refractivity contribution in [3.63, 3.8) is 0 Å². The maximum absolute atomic E-state index is 5.76. The molecule has 0 bridgehead atoms. The molecule has 1 rings (SSSR count). The van der Waals surface area contributed by atoms with Crippen molar-refractivity contribution >= 4 is 29.9 Å². The van der Waals surface area contributed by atoms with Crippen LogP contribution in [-0.4, -0.2) is 62.3 Å². The number of ether oxygens (including phenoxy) is 1. The summed E-state index contributed by atoms with van der Waals surface area (Å²) < 4.78 is 5.76. The highest BCUT2D eigenvalue weighted by Crippen LogP contribution is 2.10. The van der Waals surface area contributed by atoms with Crippen molar-refractivity contribution in [3.05, 3.63) is 0 Å². The summed E-state index contributed by atoms with van der Waals surface area (Å²) in [6, 6.07) is 0. The van der Waals surface area contributed by atoms with Gasteiger partial charge in [0.05, 0.1) is 12.2 Å². The largest absolute Gasteiger partial charge is 0.373 e. The quantitative estimate of drug-likeness (QED) is 0.284. The average molecular weight is 426 g/mol. The molecule has 0 aromatic carbocycles. The predicted molar refractivity (Wildman–Crippen MR) is 105 cm³/mol. The predicted octanol–water partition coefficient (Wildman–Crippen LogP) is 2.31. The van der Waals surface area contributed by atoms with Gasteiger partial charge in [0, 0.05) is 39.3 Å². The Hall–Kier alpha value is -0.0800. The fourth-order valence-corrected chi connectivity index (χ4v) is 2.59. The van der Waals surface area contributed by atoms with Gasteiger partial charge in [-0.2, -0.15) is 0 Å². The summed E-state index contributed by atoms with van der Waals surface area (Å²) in [5, 5.41) is 6.71. The zero-order valence-electron chi connectivity index (χ0n) is 14.9. The SMILES string of the molecule is CCNC(=NCC(C)C)NCCCN1CC(C)OC(C)C1.I. The minimum absolute atomic E-state index is 0. The molecule has 1 heterocycles. The average Bonchev–Trinajstić information content (AvgIpc) is 2.39. The molecule has 0 saturated carbocycles. The van der Waals surface area contributed by atoms with Crippen molar-refractivity contribution in [1.29, 1.82) is 0 Å². The topological polar surface area (TPSA) is 48.9 Å². The molecule has 6 heteroatoms. The Labute approximate surface area is 153 Å². The molecule has 2 atom stereocenters. The van der Waals surface area contributed by atoms with E-state index in [1.807, 2.05) is 0 Å². The number of hydrogen-bond acceptors (Lipinski definition) is 3. The Morgan fingerprint density at radius 3 is 2.41 bits per heavy atom. The fraction of sp³-hybridized carbons (Fsp3) is 0.938. The Morgan fingerprint density at radius 2 is 1.86 bits per heavy atom. The van der Waals surface area contributed by atoms with Crippen LogP contribution in [-0.2, 0) is 4.74 Å². The molecule has 1 aliphatic heterocycles. The van der Waals surface area contributed by atoms with Crippen LogP contribution in [0.3, 0.4) is 0 Å². The number of morpholine rings is 1. The summed E-state index contributed by atoms with van der Waals surface area (Å²) in [4.78, 5) is 7.08. The lowest BCUT2D eigenvalue weighted by molar-refractivity contribution is -0.0679. The van der Waals surface area contributed by atoms with Crippen LogP contribution in [0.5, 0.6) is 0 Å². The van der Waals surface area contributed by atoms with Gasteiger partial charge in [0.2, 0.25) is 0 Å². The third-order valence-electron chi connectivity index (χ3n) is 3.40. The van der Waals surface area contributed by atoms with Crippen molar-refractivity contribution in [3.8, 4) is 0 Å². The molecule has 132 valence electrons. The van der Waals surface area contributed by atoms with Gasteiger partial charge >= 0.3 is 0 Å². The second-order valence-electron chi connectivity index (χ2n) is 6.41. The van der Waals surface area contributed by atoms with E-state index in [0.29, 0.717) is 18.1 Å². The van der Waals surface area contributed by atoms with Crippen LogP contribution in [0.4, 0.5) is 0 Å². The van der Waals surface area contributed by atoms with E-state index in [1.165, 1.54) is 0 Å². The minimum Gasteiger partial charge on any atom is -0.373 e. The zero-order chi connectivity index (χ0) is 15.7. The van der Waals surface area contributed by atoms with Crippen molar-refractivity contribution in [1.82, 2.24) is 15.5 Å². The highest BCUT2D eigenvalue weighted by molar-refractivity contribution is 14.0. The van der Waals surface area contributed by atoms with E-state index in [4.69, 9.17) is 4.74 Å². The van der Waals surface area contributed by atoms with Crippen molar-refractivity contribution in [2.45, 2.75) is 53.2 Å². The van der Waals surface area contributed by atoms with E-state index in [9.17, 15) is 0 Å². The summed E-state index contributed by atoms with van der Waals surface area (Å²) >= 11 is 0. The maximum atomic E-state index is 5.76. The number of rotatable bonds is 7. The minimum atomic E-state index is 0. The van der Waals surface area contributed by atoms with Crippen LogP contribution < -0.4 is 10.6 Å². The van der Waals surface area contributed by atoms with Gasteiger partial charge in [-0.05, 0) is 33.1 Å². The second kappa shape index (κ2) is 12.4. The molecule has 5 nitrogen and oxygen atoms in total. The second-order valence-corrected chi connectivity index (χ2v) is 6.41. The van der Waals surface area contributed by atoms with Crippen LogP contribution in [0.15, 0.2) is 4.99 Å². The molecule has 1 aliphatic rings. The molecule has 0 aromatic heterocycles. The number of nitrogens with zero attached hydrogens (tertiary/aromatic N) is 2. The van der Waals surface area contributed by atoms with Gasteiger partial charge < -0.3 is 15.4 Å².